The minimum Gasteiger partial charge on any atom is -0.393 e. The van der Waals surface area contributed by atoms with E-state index < -0.39 is 0 Å². The fraction of sp³-hybridized carbons (Fsp3) is 0.463. The Labute approximate surface area is 260 Å². The van der Waals surface area contributed by atoms with Gasteiger partial charge in [-0.25, -0.2) is 0 Å². The molecule has 0 aliphatic heterocycles. The second kappa shape index (κ2) is 19.3. The zero-order valence-electron chi connectivity index (χ0n) is 28.7. The Morgan fingerprint density at radius 1 is 0.714 bits per heavy atom. The first kappa shape index (κ1) is 37.1. The molecule has 0 aromatic heterocycles. The molecule has 0 aromatic rings. The third kappa shape index (κ3) is 13.8. The van der Waals surface area contributed by atoms with E-state index in [0.29, 0.717) is 5.92 Å². The topological polar surface area (TPSA) is 20.2 Å². The van der Waals surface area contributed by atoms with Gasteiger partial charge in [0.25, 0.3) is 0 Å². The smallest absolute Gasteiger partial charge is 0.0585 e. The summed E-state index contributed by atoms with van der Waals surface area (Å²) in [5.74, 6) is 0.680. The highest BCUT2D eigenvalue weighted by Gasteiger charge is 2.31. The first-order valence-corrected chi connectivity index (χ1v) is 16.0. The van der Waals surface area contributed by atoms with Gasteiger partial charge in [0.05, 0.1) is 6.10 Å². The van der Waals surface area contributed by atoms with E-state index in [-0.39, 0.29) is 11.5 Å². The van der Waals surface area contributed by atoms with Crippen LogP contribution >= 0.6 is 0 Å². The summed E-state index contributed by atoms with van der Waals surface area (Å²) in [6.07, 6.45) is 35.6. The van der Waals surface area contributed by atoms with Crippen LogP contribution in [0.25, 0.3) is 0 Å². The lowest BCUT2D eigenvalue weighted by Gasteiger charge is -2.35. The van der Waals surface area contributed by atoms with Crippen LogP contribution in [0.3, 0.4) is 0 Å². The molecule has 1 heteroatoms. The van der Waals surface area contributed by atoms with E-state index in [1.165, 1.54) is 58.3 Å². The van der Waals surface area contributed by atoms with Crippen LogP contribution in [0, 0.1) is 11.3 Å². The summed E-state index contributed by atoms with van der Waals surface area (Å²) < 4.78 is 0. The first-order chi connectivity index (χ1) is 19.9. The van der Waals surface area contributed by atoms with Gasteiger partial charge in [-0.3, -0.25) is 0 Å². The lowest BCUT2D eigenvalue weighted by atomic mass is 9.71. The van der Waals surface area contributed by atoms with Gasteiger partial charge in [-0.2, -0.15) is 0 Å². The van der Waals surface area contributed by atoms with Crippen LogP contribution in [0.1, 0.15) is 108 Å². The Balaban J connectivity index is 0.00000431. The molecule has 1 unspecified atom stereocenters. The summed E-state index contributed by atoms with van der Waals surface area (Å²) >= 11 is 0. The Morgan fingerprint density at radius 3 is 1.69 bits per heavy atom. The van der Waals surface area contributed by atoms with E-state index in [1.807, 2.05) is 13.8 Å². The van der Waals surface area contributed by atoms with Crippen molar-refractivity contribution in [3.63, 3.8) is 0 Å². The minimum atomic E-state index is -0.219. The fourth-order valence-electron chi connectivity index (χ4n) is 5.66. The van der Waals surface area contributed by atoms with Gasteiger partial charge < -0.3 is 5.11 Å². The van der Waals surface area contributed by atoms with Crippen LogP contribution in [-0.2, 0) is 0 Å². The summed E-state index contributed by atoms with van der Waals surface area (Å²) in [4.78, 5) is 0. The normalized spacial score (nSPS) is 23.3. The molecule has 0 aromatic carbocycles. The zero-order valence-corrected chi connectivity index (χ0v) is 28.7. The van der Waals surface area contributed by atoms with Gasteiger partial charge in [-0.15, -0.1) is 0 Å². The molecule has 0 heterocycles. The Hall–Kier alpha value is -2.90. The lowest BCUT2D eigenvalue weighted by molar-refractivity contribution is 0.116. The van der Waals surface area contributed by atoms with Crippen LogP contribution in [0.4, 0.5) is 0 Å². The molecular formula is C41H60O. The van der Waals surface area contributed by atoms with E-state index in [1.54, 1.807) is 5.57 Å². The van der Waals surface area contributed by atoms with Crippen LogP contribution in [-0.4, -0.2) is 11.2 Å². The van der Waals surface area contributed by atoms with Crippen molar-refractivity contribution in [3.05, 3.63) is 130 Å². The van der Waals surface area contributed by atoms with E-state index in [9.17, 15) is 5.11 Å². The molecule has 0 amide bonds. The second-order valence-corrected chi connectivity index (χ2v) is 12.6. The molecule has 1 nitrogen and oxygen atoms in total. The van der Waals surface area contributed by atoms with Gasteiger partial charge in [0, 0.05) is 0 Å². The van der Waals surface area contributed by atoms with Crippen LogP contribution < -0.4 is 0 Å². The first-order valence-electron chi connectivity index (χ1n) is 16.0. The van der Waals surface area contributed by atoms with Crippen molar-refractivity contribution in [1.82, 2.24) is 0 Å². The van der Waals surface area contributed by atoms with Crippen molar-refractivity contribution in [3.8, 4) is 0 Å². The van der Waals surface area contributed by atoms with Gasteiger partial charge in [-0.1, -0.05) is 153 Å². The highest BCUT2D eigenvalue weighted by atomic mass is 16.3. The molecule has 0 saturated heterocycles. The summed E-state index contributed by atoms with van der Waals surface area (Å²) in [7, 11) is 0. The minimum absolute atomic E-state index is 0.0140. The molecule has 230 valence electrons. The summed E-state index contributed by atoms with van der Waals surface area (Å²) in [6, 6.07) is 0. The van der Waals surface area contributed by atoms with Crippen molar-refractivity contribution in [2.75, 3.05) is 0 Å². The van der Waals surface area contributed by atoms with Gasteiger partial charge in [0.15, 0.2) is 0 Å². The molecule has 1 N–H and O–H groups in total. The van der Waals surface area contributed by atoms with Crippen molar-refractivity contribution in [2.45, 2.75) is 114 Å². The lowest BCUT2D eigenvalue weighted by Crippen LogP contribution is -2.28. The average Bonchev–Trinajstić information content (AvgIpc) is 2.91. The molecule has 2 aliphatic rings. The number of aliphatic hydroxyl groups excluding tert-OH is 1. The van der Waals surface area contributed by atoms with E-state index >= 15 is 0 Å². The van der Waals surface area contributed by atoms with E-state index in [4.69, 9.17) is 0 Å². The molecule has 0 radical (unpaired) electrons. The van der Waals surface area contributed by atoms with Gasteiger partial charge in [-0.05, 0) is 96.1 Å². The molecule has 0 bridgehead atoms. The molecular weight excluding hydrogens is 508 g/mol. The monoisotopic (exact) mass is 568 g/mol. The fourth-order valence-corrected chi connectivity index (χ4v) is 5.66. The zero-order chi connectivity index (χ0) is 31.7. The Morgan fingerprint density at radius 2 is 1.19 bits per heavy atom. The van der Waals surface area contributed by atoms with Gasteiger partial charge >= 0.3 is 0 Å². The molecule has 0 fully saturated rings. The summed E-state index contributed by atoms with van der Waals surface area (Å²) in [5.41, 5.74) is 10.7. The quantitative estimate of drug-likeness (QED) is 0.260. The number of hydrogen-bond donors (Lipinski definition) is 1. The predicted molar refractivity (Wildman–Crippen MR) is 190 cm³/mol. The van der Waals surface area contributed by atoms with Crippen molar-refractivity contribution in [1.29, 1.82) is 0 Å². The number of aliphatic hydroxyl groups is 1. The molecule has 2 aliphatic carbocycles. The van der Waals surface area contributed by atoms with Crippen molar-refractivity contribution >= 4 is 0 Å². The molecule has 0 spiro atoms. The molecule has 2 atom stereocenters. The predicted octanol–water partition coefficient (Wildman–Crippen LogP) is 12.2. The molecule has 42 heavy (non-hydrogen) atoms. The standard InChI is InChI=1S/C39H54O.C2H6/c1-29(17-12-19-31(3)23-25-37-33(5)21-14-22-34(37)6)15-10-11-16-30(2)18-13-20-32(4)24-26-38-35(7)27-36(40)28-39(38,8)9;1-2/h10-13,15-20,23-26,33,36,40H,14,21-22,27-28H2,1-9H3;1-2H3/b11-10+,17-12+,18-13+,25-23+,26-24+,29-15+,30-16+,31-19+,32-20+;/t33?,36-;/m1./s1. The van der Waals surface area contributed by atoms with Gasteiger partial charge in [0.2, 0.25) is 0 Å². The average molecular weight is 569 g/mol. The summed E-state index contributed by atoms with van der Waals surface area (Å²) in [6.45, 7) is 23.8. The Bertz CT molecular complexity index is 1210. The highest BCUT2D eigenvalue weighted by Crippen LogP contribution is 2.41. The molecule has 2 rings (SSSR count). The highest BCUT2D eigenvalue weighted by molar-refractivity contribution is 5.38. The molecule has 0 saturated carbocycles. The largest absolute Gasteiger partial charge is 0.393 e. The third-order valence-corrected chi connectivity index (χ3v) is 7.99. The third-order valence-electron chi connectivity index (χ3n) is 7.99. The van der Waals surface area contributed by atoms with Crippen molar-refractivity contribution < 1.29 is 5.11 Å². The number of hydrogen-bond acceptors (Lipinski definition) is 1. The summed E-state index contributed by atoms with van der Waals surface area (Å²) in [5, 5.41) is 10.1. The Kier molecular flexibility index (Phi) is 17.1. The maximum atomic E-state index is 10.1. The van der Waals surface area contributed by atoms with Crippen LogP contribution in [0.5, 0.6) is 0 Å². The van der Waals surface area contributed by atoms with E-state index in [0.717, 1.165) is 12.8 Å². The SMILES string of the molecule is CC.CC1=C(/C=C/C(C)=C/C=C/C(C)=C/C=C/C=C(C)/C=C/C=C(C)/C=C/C2=C(C)C[C@@H](O)CC2(C)C)C(C)CCC1. The maximum absolute atomic E-state index is 10.1. The number of allylic oxidation sites excluding steroid dienone is 21. The van der Waals surface area contributed by atoms with Crippen molar-refractivity contribution in [2.24, 2.45) is 11.3 Å². The second-order valence-electron chi connectivity index (χ2n) is 12.6. The van der Waals surface area contributed by atoms with Crippen LogP contribution in [0.15, 0.2) is 130 Å². The van der Waals surface area contributed by atoms with Crippen LogP contribution in [0.2, 0.25) is 0 Å². The van der Waals surface area contributed by atoms with E-state index in [2.05, 4.69) is 147 Å². The maximum Gasteiger partial charge on any atom is 0.0585 e. The van der Waals surface area contributed by atoms with Gasteiger partial charge in [0.1, 0.15) is 0 Å². The number of rotatable bonds is 10.